The first-order chi connectivity index (χ1) is 5.75. The van der Waals surface area contributed by atoms with E-state index in [1.54, 1.807) is 6.92 Å². The molecule has 0 saturated heterocycles. The van der Waals surface area contributed by atoms with Crippen molar-refractivity contribution in [2.24, 2.45) is 0 Å². The first-order valence-electron chi connectivity index (χ1n) is 4.45. The zero-order chi connectivity index (χ0) is 8.97. The number of carbonyl (C=O) groups excluding carboxylic acids is 1. The minimum absolute atomic E-state index is 0.225. The molecule has 0 spiro atoms. The van der Waals surface area contributed by atoms with Gasteiger partial charge in [0.1, 0.15) is 0 Å². The largest absolute Gasteiger partial charge is 0.286 e. The third kappa shape index (κ3) is 2.08. The van der Waals surface area contributed by atoms with Crippen LogP contribution in [0.4, 0.5) is 0 Å². The van der Waals surface area contributed by atoms with Crippen LogP contribution < -0.4 is 0 Å². The van der Waals surface area contributed by atoms with Crippen LogP contribution in [0.2, 0.25) is 0 Å². The predicted molar refractivity (Wildman–Crippen MR) is 45.7 cm³/mol. The molecule has 0 aromatic heterocycles. The van der Waals surface area contributed by atoms with Crippen LogP contribution in [0.5, 0.6) is 0 Å². The van der Waals surface area contributed by atoms with E-state index in [1.165, 1.54) is 0 Å². The molecule has 1 N–H and O–H groups in total. The van der Waals surface area contributed by atoms with E-state index in [1.807, 2.05) is 6.08 Å². The van der Waals surface area contributed by atoms with Gasteiger partial charge in [0, 0.05) is 12.1 Å². The molecule has 0 unspecified atom stereocenters. The van der Waals surface area contributed by atoms with Crippen molar-refractivity contribution in [1.29, 1.82) is 0 Å². The van der Waals surface area contributed by atoms with Crippen molar-refractivity contribution < 1.29 is 10.0 Å². The fourth-order valence-corrected chi connectivity index (χ4v) is 1.34. The Morgan fingerprint density at radius 3 is 2.92 bits per heavy atom. The number of hydrogen-bond donors (Lipinski definition) is 1. The maximum Gasteiger partial charge on any atom is 0.272 e. The van der Waals surface area contributed by atoms with Crippen molar-refractivity contribution in [2.75, 3.05) is 6.54 Å². The number of carbonyl (C=O) groups is 1. The molecule has 12 heavy (non-hydrogen) atoms. The van der Waals surface area contributed by atoms with Crippen LogP contribution in [0.15, 0.2) is 11.6 Å². The van der Waals surface area contributed by atoms with Crippen LogP contribution in [0.25, 0.3) is 0 Å². The number of nitrogens with zero attached hydrogens (tertiary/aromatic N) is 1. The number of allylic oxidation sites excluding steroid dienone is 1. The minimum Gasteiger partial charge on any atom is -0.286 e. The van der Waals surface area contributed by atoms with Gasteiger partial charge in [-0.25, -0.2) is 5.06 Å². The molecule has 1 rings (SSSR count). The lowest BCUT2D eigenvalue weighted by Crippen LogP contribution is -2.28. The Kier molecular flexibility index (Phi) is 3.29. The normalized spacial score (nSPS) is 17.0. The van der Waals surface area contributed by atoms with Gasteiger partial charge in [0.2, 0.25) is 0 Å². The maximum absolute atomic E-state index is 11.3. The Balaban J connectivity index is 2.56. The van der Waals surface area contributed by atoms with Gasteiger partial charge in [0.15, 0.2) is 0 Å². The Hall–Kier alpha value is -0.830. The molecular formula is C9H15NO2. The summed E-state index contributed by atoms with van der Waals surface area (Å²) >= 11 is 0. The van der Waals surface area contributed by atoms with Crippen LogP contribution in [0, 0.1) is 0 Å². The van der Waals surface area contributed by atoms with E-state index in [0.717, 1.165) is 36.3 Å². The average molecular weight is 169 g/mol. The van der Waals surface area contributed by atoms with E-state index in [4.69, 9.17) is 5.21 Å². The zero-order valence-electron chi connectivity index (χ0n) is 7.42. The molecule has 0 aliphatic heterocycles. The number of rotatable bonds is 2. The Bertz CT molecular complexity index is 199. The standard InChI is InChI=1S/C9H15NO2/c1-2-10(12)9(11)8-6-4-3-5-7-8/h6,12H,2-5,7H2,1H3. The van der Waals surface area contributed by atoms with Crippen molar-refractivity contribution in [3.8, 4) is 0 Å². The predicted octanol–water partition coefficient (Wildman–Crippen LogP) is 1.72. The fraction of sp³-hybridized carbons (Fsp3) is 0.667. The summed E-state index contributed by atoms with van der Waals surface area (Å²) in [6.45, 7) is 2.11. The van der Waals surface area contributed by atoms with Crippen LogP contribution >= 0.6 is 0 Å². The van der Waals surface area contributed by atoms with Crippen molar-refractivity contribution in [3.05, 3.63) is 11.6 Å². The van der Waals surface area contributed by atoms with Gasteiger partial charge >= 0.3 is 0 Å². The molecule has 0 saturated carbocycles. The molecule has 68 valence electrons. The Morgan fingerprint density at radius 2 is 2.42 bits per heavy atom. The van der Waals surface area contributed by atoms with Gasteiger partial charge in [0.25, 0.3) is 5.91 Å². The summed E-state index contributed by atoms with van der Waals surface area (Å²) in [4.78, 5) is 11.3. The van der Waals surface area contributed by atoms with E-state index >= 15 is 0 Å². The zero-order valence-corrected chi connectivity index (χ0v) is 7.42. The van der Waals surface area contributed by atoms with Crippen LogP contribution in [-0.4, -0.2) is 22.7 Å². The van der Waals surface area contributed by atoms with Gasteiger partial charge in [-0.2, -0.15) is 0 Å². The Labute approximate surface area is 72.6 Å². The van der Waals surface area contributed by atoms with Gasteiger partial charge in [0.05, 0.1) is 0 Å². The molecule has 1 aliphatic carbocycles. The summed E-state index contributed by atoms with van der Waals surface area (Å²) < 4.78 is 0. The molecule has 0 bridgehead atoms. The average Bonchev–Trinajstić information content (AvgIpc) is 2.17. The van der Waals surface area contributed by atoms with Gasteiger partial charge < -0.3 is 0 Å². The topological polar surface area (TPSA) is 40.5 Å². The monoisotopic (exact) mass is 169 g/mol. The summed E-state index contributed by atoms with van der Waals surface area (Å²) in [6, 6.07) is 0. The lowest BCUT2D eigenvalue weighted by Gasteiger charge is -2.17. The molecule has 3 nitrogen and oxygen atoms in total. The van der Waals surface area contributed by atoms with Crippen LogP contribution in [-0.2, 0) is 4.79 Å². The van der Waals surface area contributed by atoms with Crippen molar-refractivity contribution in [1.82, 2.24) is 5.06 Å². The van der Waals surface area contributed by atoms with Gasteiger partial charge in [-0.1, -0.05) is 6.08 Å². The second-order valence-corrected chi connectivity index (χ2v) is 3.00. The van der Waals surface area contributed by atoms with Gasteiger partial charge in [-0.15, -0.1) is 0 Å². The second kappa shape index (κ2) is 4.26. The van der Waals surface area contributed by atoms with Crippen LogP contribution in [0.1, 0.15) is 32.6 Å². The quantitative estimate of drug-likeness (QED) is 0.505. The molecular weight excluding hydrogens is 154 g/mol. The Morgan fingerprint density at radius 1 is 1.67 bits per heavy atom. The van der Waals surface area contributed by atoms with E-state index in [2.05, 4.69) is 0 Å². The molecule has 0 heterocycles. The molecule has 0 fully saturated rings. The van der Waals surface area contributed by atoms with Crippen molar-refractivity contribution in [3.63, 3.8) is 0 Å². The lowest BCUT2D eigenvalue weighted by molar-refractivity contribution is -0.159. The highest BCUT2D eigenvalue weighted by molar-refractivity contribution is 5.92. The summed E-state index contributed by atoms with van der Waals surface area (Å²) in [7, 11) is 0. The fourth-order valence-electron chi connectivity index (χ4n) is 1.34. The van der Waals surface area contributed by atoms with Crippen molar-refractivity contribution >= 4 is 5.91 Å². The first-order valence-corrected chi connectivity index (χ1v) is 4.45. The number of hydroxylamine groups is 2. The molecule has 3 heteroatoms. The highest BCUT2D eigenvalue weighted by atomic mass is 16.5. The van der Waals surface area contributed by atoms with E-state index in [-0.39, 0.29) is 5.91 Å². The van der Waals surface area contributed by atoms with E-state index < -0.39 is 0 Å². The second-order valence-electron chi connectivity index (χ2n) is 3.00. The molecule has 1 amide bonds. The third-order valence-corrected chi connectivity index (χ3v) is 2.10. The maximum atomic E-state index is 11.3. The van der Waals surface area contributed by atoms with E-state index in [0.29, 0.717) is 6.54 Å². The number of hydrogen-bond acceptors (Lipinski definition) is 2. The van der Waals surface area contributed by atoms with Gasteiger partial charge in [-0.05, 0) is 32.6 Å². The molecule has 1 aliphatic rings. The number of likely N-dealkylation sites (N-methyl/N-ethyl adjacent to an activating group) is 1. The number of amides is 1. The SMILES string of the molecule is CCN(O)C(=O)C1=CCCCC1. The smallest absolute Gasteiger partial charge is 0.272 e. The highest BCUT2D eigenvalue weighted by Crippen LogP contribution is 2.18. The van der Waals surface area contributed by atoms with E-state index in [9.17, 15) is 4.79 Å². The molecule has 0 atom stereocenters. The van der Waals surface area contributed by atoms with Crippen LogP contribution in [0.3, 0.4) is 0 Å². The van der Waals surface area contributed by atoms with Crippen molar-refractivity contribution in [2.45, 2.75) is 32.6 Å². The summed E-state index contributed by atoms with van der Waals surface area (Å²) in [5.41, 5.74) is 0.769. The molecule has 0 radical (unpaired) electrons. The molecule has 0 aromatic rings. The lowest BCUT2D eigenvalue weighted by atomic mass is 9.99. The van der Waals surface area contributed by atoms with Gasteiger partial charge in [-0.3, -0.25) is 10.0 Å². The first kappa shape index (κ1) is 9.26. The summed E-state index contributed by atoms with van der Waals surface area (Å²) in [5, 5.41) is 9.90. The summed E-state index contributed by atoms with van der Waals surface area (Å²) in [6.07, 6.45) is 5.95. The third-order valence-electron chi connectivity index (χ3n) is 2.10. The summed E-state index contributed by atoms with van der Waals surface area (Å²) in [5.74, 6) is -0.225. The molecule has 0 aromatic carbocycles. The highest BCUT2D eigenvalue weighted by Gasteiger charge is 2.16. The minimum atomic E-state index is -0.225.